The Bertz CT molecular complexity index is 661. The van der Waals surface area contributed by atoms with Gasteiger partial charge >= 0.3 is 6.01 Å². The van der Waals surface area contributed by atoms with Crippen molar-refractivity contribution in [3.05, 3.63) is 11.9 Å². The van der Waals surface area contributed by atoms with Gasteiger partial charge in [0.2, 0.25) is 0 Å². The summed E-state index contributed by atoms with van der Waals surface area (Å²) in [5.41, 5.74) is 7.81. The number of hydrogen-bond donors (Lipinski definition) is 1. The largest absolute Gasteiger partial charge is 0.459 e. The van der Waals surface area contributed by atoms with Gasteiger partial charge in [0.05, 0.1) is 18.0 Å². The fraction of sp³-hybridized carbons (Fsp3) is 0.722. The maximum Gasteiger partial charge on any atom is 0.336 e. The van der Waals surface area contributed by atoms with Crippen molar-refractivity contribution in [3.8, 4) is 6.01 Å². The summed E-state index contributed by atoms with van der Waals surface area (Å²) in [4.78, 5) is 8.68. The van der Waals surface area contributed by atoms with E-state index in [1.165, 1.54) is 38.5 Å². The van der Waals surface area contributed by atoms with Crippen molar-refractivity contribution in [2.24, 2.45) is 5.92 Å². The van der Waals surface area contributed by atoms with Gasteiger partial charge in [-0.25, -0.2) is 9.50 Å². The van der Waals surface area contributed by atoms with E-state index >= 15 is 0 Å². The SMILES string of the molecule is CCCC(C)Oc1nc(N)c2ncc(CC3CCCCCC3)n2n1. The second kappa shape index (κ2) is 7.81. The van der Waals surface area contributed by atoms with Gasteiger partial charge in [0, 0.05) is 0 Å². The average molecular weight is 331 g/mol. The molecular weight excluding hydrogens is 302 g/mol. The quantitative estimate of drug-likeness (QED) is 0.815. The van der Waals surface area contributed by atoms with Crippen LogP contribution in [0.25, 0.3) is 5.65 Å². The van der Waals surface area contributed by atoms with E-state index in [9.17, 15) is 0 Å². The molecule has 1 atom stereocenters. The molecule has 24 heavy (non-hydrogen) atoms. The lowest BCUT2D eigenvalue weighted by Crippen LogP contribution is -2.16. The van der Waals surface area contributed by atoms with Crippen molar-refractivity contribution < 1.29 is 4.74 Å². The molecule has 2 aromatic rings. The van der Waals surface area contributed by atoms with Crippen molar-refractivity contribution in [2.75, 3.05) is 5.73 Å². The molecule has 2 N–H and O–H groups in total. The number of nitrogens with zero attached hydrogens (tertiary/aromatic N) is 4. The number of ether oxygens (including phenoxy) is 1. The molecule has 1 aliphatic carbocycles. The van der Waals surface area contributed by atoms with Crippen LogP contribution in [0.5, 0.6) is 6.01 Å². The van der Waals surface area contributed by atoms with E-state index < -0.39 is 0 Å². The van der Waals surface area contributed by atoms with Gasteiger partial charge in [-0.05, 0) is 25.7 Å². The van der Waals surface area contributed by atoms with E-state index in [1.54, 1.807) is 0 Å². The summed E-state index contributed by atoms with van der Waals surface area (Å²) in [6, 6.07) is 0.348. The minimum absolute atomic E-state index is 0.0840. The van der Waals surface area contributed by atoms with Gasteiger partial charge in [0.25, 0.3) is 0 Å². The molecule has 1 aliphatic rings. The van der Waals surface area contributed by atoms with E-state index in [2.05, 4.69) is 22.0 Å². The second-order valence-electron chi connectivity index (χ2n) is 7.04. The third-order valence-electron chi connectivity index (χ3n) is 4.91. The molecule has 2 heterocycles. The summed E-state index contributed by atoms with van der Waals surface area (Å²) >= 11 is 0. The molecule has 2 aromatic heterocycles. The van der Waals surface area contributed by atoms with Crippen LogP contribution in [0.15, 0.2) is 6.20 Å². The molecule has 0 amide bonds. The zero-order valence-corrected chi connectivity index (χ0v) is 14.9. The number of anilines is 1. The van der Waals surface area contributed by atoms with Crippen molar-refractivity contribution in [1.82, 2.24) is 19.6 Å². The zero-order valence-electron chi connectivity index (χ0n) is 14.9. The number of nitrogen functional groups attached to an aromatic ring is 1. The Morgan fingerprint density at radius 3 is 2.75 bits per heavy atom. The fourth-order valence-electron chi connectivity index (χ4n) is 3.63. The van der Waals surface area contributed by atoms with Crippen molar-refractivity contribution in [2.45, 2.75) is 77.7 Å². The first-order valence-electron chi connectivity index (χ1n) is 9.34. The highest BCUT2D eigenvalue weighted by Gasteiger charge is 2.18. The van der Waals surface area contributed by atoms with Gasteiger partial charge < -0.3 is 10.5 Å². The molecule has 1 fully saturated rings. The highest BCUT2D eigenvalue weighted by molar-refractivity contribution is 5.59. The first-order chi connectivity index (χ1) is 11.7. The number of fused-ring (bicyclic) bond motifs is 1. The summed E-state index contributed by atoms with van der Waals surface area (Å²) in [6.07, 6.45) is 13.0. The van der Waals surface area contributed by atoms with Crippen LogP contribution in [0.1, 0.15) is 70.9 Å². The molecule has 1 unspecified atom stereocenters. The smallest absolute Gasteiger partial charge is 0.336 e. The van der Waals surface area contributed by atoms with Crippen LogP contribution in [0.4, 0.5) is 5.82 Å². The number of nitrogens with two attached hydrogens (primary N) is 1. The van der Waals surface area contributed by atoms with Crippen molar-refractivity contribution in [3.63, 3.8) is 0 Å². The molecule has 0 bridgehead atoms. The van der Waals surface area contributed by atoms with E-state index in [4.69, 9.17) is 10.5 Å². The lowest BCUT2D eigenvalue weighted by Gasteiger charge is -2.14. The summed E-state index contributed by atoms with van der Waals surface area (Å²) < 4.78 is 7.66. The Morgan fingerprint density at radius 2 is 2.04 bits per heavy atom. The Hall–Kier alpha value is -1.85. The van der Waals surface area contributed by atoms with E-state index in [0.717, 1.165) is 25.0 Å². The molecule has 0 saturated heterocycles. The monoisotopic (exact) mass is 331 g/mol. The summed E-state index contributed by atoms with van der Waals surface area (Å²) in [7, 11) is 0. The van der Waals surface area contributed by atoms with Gasteiger partial charge in [-0.3, -0.25) is 0 Å². The molecule has 0 aromatic carbocycles. The molecule has 0 aliphatic heterocycles. The summed E-state index contributed by atoms with van der Waals surface area (Å²) in [6.45, 7) is 4.17. The van der Waals surface area contributed by atoms with E-state index in [1.807, 2.05) is 17.6 Å². The third kappa shape index (κ3) is 3.97. The van der Waals surface area contributed by atoms with E-state index in [0.29, 0.717) is 23.4 Å². The second-order valence-corrected chi connectivity index (χ2v) is 7.04. The van der Waals surface area contributed by atoms with Gasteiger partial charge in [-0.15, -0.1) is 5.10 Å². The van der Waals surface area contributed by atoms with Crippen LogP contribution < -0.4 is 10.5 Å². The Morgan fingerprint density at radius 1 is 1.29 bits per heavy atom. The average Bonchev–Trinajstić information content (AvgIpc) is 2.77. The molecule has 3 rings (SSSR count). The molecule has 6 nitrogen and oxygen atoms in total. The molecular formula is C18H29N5O. The maximum absolute atomic E-state index is 6.06. The minimum Gasteiger partial charge on any atom is -0.459 e. The Labute approximate surface area is 143 Å². The van der Waals surface area contributed by atoms with Gasteiger partial charge in [-0.2, -0.15) is 4.98 Å². The highest BCUT2D eigenvalue weighted by atomic mass is 16.5. The fourth-order valence-corrected chi connectivity index (χ4v) is 3.63. The number of aromatic nitrogens is 4. The topological polar surface area (TPSA) is 78.3 Å². The number of imidazole rings is 1. The number of rotatable bonds is 6. The van der Waals surface area contributed by atoms with E-state index in [-0.39, 0.29) is 6.10 Å². The molecule has 6 heteroatoms. The zero-order chi connectivity index (χ0) is 16.9. The lowest BCUT2D eigenvalue weighted by atomic mass is 9.95. The van der Waals surface area contributed by atoms with Crippen LogP contribution in [-0.2, 0) is 6.42 Å². The first-order valence-corrected chi connectivity index (χ1v) is 9.34. The van der Waals surface area contributed by atoms with Crippen molar-refractivity contribution >= 4 is 11.5 Å². The molecule has 132 valence electrons. The predicted octanol–water partition coefficient (Wildman–Crippen LogP) is 3.79. The van der Waals surface area contributed by atoms with Crippen LogP contribution in [0.3, 0.4) is 0 Å². The molecule has 0 radical (unpaired) electrons. The standard InChI is InChI=1S/C18H29N5O/c1-3-8-13(2)24-18-21-16(19)17-20-12-15(23(17)22-18)11-14-9-6-4-5-7-10-14/h12-14H,3-11H2,1-2H3,(H2,19,21,22). The van der Waals surface area contributed by atoms with Crippen LogP contribution in [0, 0.1) is 5.92 Å². The minimum atomic E-state index is 0.0840. The van der Waals surface area contributed by atoms with Crippen LogP contribution in [0.2, 0.25) is 0 Å². The Kier molecular flexibility index (Phi) is 5.53. The first kappa shape index (κ1) is 17.0. The summed E-state index contributed by atoms with van der Waals surface area (Å²) in [5.74, 6) is 1.10. The highest BCUT2D eigenvalue weighted by Crippen LogP contribution is 2.27. The lowest BCUT2D eigenvalue weighted by molar-refractivity contribution is 0.189. The summed E-state index contributed by atoms with van der Waals surface area (Å²) in [5, 5.41) is 4.55. The number of hydrogen-bond acceptors (Lipinski definition) is 5. The predicted molar refractivity (Wildman–Crippen MR) is 95.1 cm³/mol. The maximum atomic E-state index is 6.06. The van der Waals surface area contributed by atoms with Crippen LogP contribution >= 0.6 is 0 Å². The Balaban J connectivity index is 1.81. The van der Waals surface area contributed by atoms with Crippen LogP contribution in [-0.4, -0.2) is 25.7 Å². The van der Waals surface area contributed by atoms with Crippen molar-refractivity contribution in [1.29, 1.82) is 0 Å². The van der Waals surface area contributed by atoms with Gasteiger partial charge in [-0.1, -0.05) is 51.9 Å². The molecule has 1 saturated carbocycles. The normalized spacial score (nSPS) is 17.8. The van der Waals surface area contributed by atoms with Gasteiger partial charge in [0.1, 0.15) is 0 Å². The molecule has 0 spiro atoms. The van der Waals surface area contributed by atoms with Gasteiger partial charge in [0.15, 0.2) is 11.5 Å². The third-order valence-corrected chi connectivity index (χ3v) is 4.91.